The van der Waals surface area contributed by atoms with Crippen molar-refractivity contribution in [3.63, 3.8) is 0 Å². The van der Waals surface area contributed by atoms with E-state index in [4.69, 9.17) is 9.84 Å². The molecule has 0 saturated heterocycles. The number of alkyl halides is 3. The number of hydrogen-bond acceptors (Lipinski definition) is 8. The van der Waals surface area contributed by atoms with Crippen LogP contribution in [0.25, 0.3) is 0 Å². The zero-order chi connectivity index (χ0) is 26.0. The van der Waals surface area contributed by atoms with Crippen molar-refractivity contribution in [1.29, 1.82) is 0 Å². The number of rotatable bonds is 8. The van der Waals surface area contributed by atoms with E-state index in [1.165, 1.54) is 36.3 Å². The van der Waals surface area contributed by atoms with Crippen molar-refractivity contribution in [2.45, 2.75) is 32.2 Å². The summed E-state index contributed by atoms with van der Waals surface area (Å²) in [6.07, 6.45) is -3.62. The minimum atomic E-state index is -4.91. The van der Waals surface area contributed by atoms with Gasteiger partial charge < -0.3 is 24.8 Å². The number of aromatic nitrogens is 3. The molecular weight excluding hydrogens is 490 g/mol. The Morgan fingerprint density at radius 3 is 2.64 bits per heavy atom. The molecule has 14 heteroatoms. The SMILES string of the molecule is Cn1c2c(c(=O)n(CCCO)c1=O)N(Cc1ccncc1F)C(Oc1cccc(OC(F)(F)F)c1)N2. The molecule has 0 amide bonds. The van der Waals surface area contributed by atoms with E-state index in [1.54, 1.807) is 0 Å². The second kappa shape index (κ2) is 9.89. The van der Waals surface area contributed by atoms with Crippen LogP contribution in [0.15, 0.2) is 52.3 Å². The van der Waals surface area contributed by atoms with Gasteiger partial charge in [0.15, 0.2) is 0 Å². The molecule has 1 aliphatic rings. The van der Waals surface area contributed by atoms with Gasteiger partial charge in [0.2, 0.25) is 0 Å². The average Bonchev–Trinajstić information content (AvgIpc) is 3.16. The number of halogens is 4. The van der Waals surface area contributed by atoms with E-state index in [9.17, 15) is 27.2 Å². The van der Waals surface area contributed by atoms with Gasteiger partial charge in [-0.15, -0.1) is 13.2 Å². The topological polar surface area (TPSA) is 111 Å². The van der Waals surface area contributed by atoms with Gasteiger partial charge >= 0.3 is 12.1 Å². The summed E-state index contributed by atoms with van der Waals surface area (Å²) < 4.78 is 64.2. The van der Waals surface area contributed by atoms with Gasteiger partial charge in [-0.1, -0.05) is 6.07 Å². The highest BCUT2D eigenvalue weighted by atomic mass is 19.4. The summed E-state index contributed by atoms with van der Waals surface area (Å²) in [5.74, 6) is -1.16. The lowest BCUT2D eigenvalue weighted by Gasteiger charge is -2.27. The lowest BCUT2D eigenvalue weighted by atomic mass is 10.2. The summed E-state index contributed by atoms with van der Waals surface area (Å²) in [5, 5.41) is 12.0. The number of nitrogens with zero attached hydrogens (tertiary/aromatic N) is 4. The molecule has 10 nitrogen and oxygen atoms in total. The minimum Gasteiger partial charge on any atom is -0.452 e. The summed E-state index contributed by atoms with van der Waals surface area (Å²) in [5.41, 5.74) is -1.23. The molecular formula is C22H21F4N5O5. The lowest BCUT2D eigenvalue weighted by molar-refractivity contribution is -0.274. The number of benzene rings is 1. The highest BCUT2D eigenvalue weighted by molar-refractivity contribution is 5.71. The van der Waals surface area contributed by atoms with Gasteiger partial charge in [0.05, 0.1) is 12.7 Å². The van der Waals surface area contributed by atoms with Crippen LogP contribution in [0, 0.1) is 5.82 Å². The van der Waals surface area contributed by atoms with E-state index in [1.807, 2.05) is 0 Å². The van der Waals surface area contributed by atoms with Crippen molar-refractivity contribution in [2.75, 3.05) is 16.8 Å². The first-order valence-corrected chi connectivity index (χ1v) is 10.7. The largest absolute Gasteiger partial charge is 0.573 e. The van der Waals surface area contributed by atoms with Crippen molar-refractivity contribution >= 4 is 11.5 Å². The Morgan fingerprint density at radius 2 is 1.94 bits per heavy atom. The van der Waals surface area contributed by atoms with Crippen molar-refractivity contribution in [3.05, 3.63) is 74.9 Å². The predicted octanol–water partition coefficient (Wildman–Crippen LogP) is 2.16. The first-order valence-electron chi connectivity index (χ1n) is 10.7. The van der Waals surface area contributed by atoms with Gasteiger partial charge in [-0.3, -0.25) is 18.9 Å². The Morgan fingerprint density at radius 1 is 1.19 bits per heavy atom. The van der Waals surface area contributed by atoms with Crippen LogP contribution in [0.4, 0.5) is 29.1 Å². The lowest BCUT2D eigenvalue weighted by Crippen LogP contribution is -2.43. The van der Waals surface area contributed by atoms with Gasteiger partial charge in [0.1, 0.15) is 28.8 Å². The van der Waals surface area contributed by atoms with Crippen LogP contribution in [-0.4, -0.2) is 38.5 Å². The summed E-state index contributed by atoms with van der Waals surface area (Å²) in [6.45, 7) is -0.515. The molecule has 3 heterocycles. The van der Waals surface area contributed by atoms with Gasteiger partial charge in [0, 0.05) is 38.0 Å². The number of fused-ring (bicyclic) bond motifs is 1. The van der Waals surface area contributed by atoms with E-state index in [-0.39, 0.29) is 48.9 Å². The molecule has 1 aromatic carbocycles. The van der Waals surface area contributed by atoms with Crippen molar-refractivity contribution < 1.29 is 32.1 Å². The summed E-state index contributed by atoms with van der Waals surface area (Å²) in [7, 11) is 1.41. The molecule has 2 N–H and O–H groups in total. The van der Waals surface area contributed by atoms with E-state index in [0.717, 1.165) is 27.5 Å². The Kier molecular flexibility index (Phi) is 6.88. The fourth-order valence-corrected chi connectivity index (χ4v) is 3.76. The van der Waals surface area contributed by atoms with Gasteiger partial charge in [-0.25, -0.2) is 9.18 Å². The van der Waals surface area contributed by atoms with Crippen molar-refractivity contribution in [1.82, 2.24) is 14.1 Å². The van der Waals surface area contributed by atoms with Crippen molar-refractivity contribution in [2.24, 2.45) is 7.05 Å². The smallest absolute Gasteiger partial charge is 0.452 e. The molecule has 0 bridgehead atoms. The maximum absolute atomic E-state index is 14.4. The van der Waals surface area contributed by atoms with E-state index >= 15 is 0 Å². The molecule has 2 aromatic heterocycles. The third-order valence-electron chi connectivity index (χ3n) is 5.38. The molecule has 192 valence electrons. The molecule has 1 atom stereocenters. The molecule has 0 spiro atoms. The summed E-state index contributed by atoms with van der Waals surface area (Å²) in [6, 6.07) is 6.14. The molecule has 0 aliphatic carbocycles. The van der Waals surface area contributed by atoms with Crippen LogP contribution in [0.5, 0.6) is 11.5 Å². The molecule has 0 fully saturated rings. The number of ether oxygens (including phenoxy) is 2. The molecule has 36 heavy (non-hydrogen) atoms. The van der Waals surface area contributed by atoms with Gasteiger partial charge in [-0.2, -0.15) is 0 Å². The summed E-state index contributed by atoms with van der Waals surface area (Å²) in [4.78, 5) is 31.1. The number of aliphatic hydroxyl groups is 1. The zero-order valence-corrected chi connectivity index (χ0v) is 18.8. The number of hydrogen-bond donors (Lipinski definition) is 2. The Balaban J connectivity index is 1.76. The molecule has 0 saturated carbocycles. The van der Waals surface area contributed by atoms with E-state index in [0.29, 0.717) is 0 Å². The standard InChI is InChI=1S/C22H21F4N5O5/c1-29-18-17(19(33)30(21(29)34)8-3-9-32)31(12-13-6-7-27-11-16(13)23)20(28-18)35-14-4-2-5-15(10-14)36-22(24,25)26/h2,4-7,10-11,20,28,32H,3,8-9,12H2,1H3. The first-order chi connectivity index (χ1) is 17.1. The number of anilines is 2. The van der Waals surface area contributed by atoms with Gasteiger partial charge in [-0.05, 0) is 24.6 Å². The van der Waals surface area contributed by atoms with Crippen LogP contribution in [0.2, 0.25) is 0 Å². The van der Waals surface area contributed by atoms with Crippen LogP contribution in [0.1, 0.15) is 12.0 Å². The number of nitrogens with one attached hydrogen (secondary N) is 1. The first kappa shape index (κ1) is 25.0. The van der Waals surface area contributed by atoms with Crippen molar-refractivity contribution in [3.8, 4) is 11.5 Å². The predicted molar refractivity (Wildman–Crippen MR) is 119 cm³/mol. The van der Waals surface area contributed by atoms with Gasteiger partial charge in [0.25, 0.3) is 11.9 Å². The Labute approximate surface area is 200 Å². The summed E-state index contributed by atoms with van der Waals surface area (Å²) >= 11 is 0. The Bertz CT molecular complexity index is 1370. The van der Waals surface area contributed by atoms with Crippen LogP contribution >= 0.6 is 0 Å². The second-order valence-corrected chi connectivity index (χ2v) is 7.80. The second-order valence-electron chi connectivity index (χ2n) is 7.80. The van der Waals surface area contributed by atoms with E-state index in [2.05, 4.69) is 15.0 Å². The number of pyridine rings is 1. The quantitative estimate of drug-likeness (QED) is 0.443. The molecule has 4 rings (SSSR count). The molecule has 0 radical (unpaired) electrons. The highest BCUT2D eigenvalue weighted by Gasteiger charge is 2.37. The Hall–Kier alpha value is -4.07. The average molecular weight is 511 g/mol. The molecule has 1 unspecified atom stereocenters. The molecule has 3 aromatic rings. The van der Waals surface area contributed by atoms with Crippen LogP contribution in [-0.2, 0) is 20.1 Å². The minimum absolute atomic E-state index is 0.0149. The number of aliphatic hydroxyl groups excluding tert-OH is 1. The van der Waals surface area contributed by atoms with E-state index < -0.39 is 35.5 Å². The third-order valence-corrected chi connectivity index (χ3v) is 5.38. The zero-order valence-electron chi connectivity index (χ0n) is 18.8. The monoisotopic (exact) mass is 511 g/mol. The maximum atomic E-state index is 14.4. The van der Waals surface area contributed by atoms with Crippen LogP contribution < -0.4 is 30.9 Å². The maximum Gasteiger partial charge on any atom is 0.573 e. The van der Waals surface area contributed by atoms with Crippen LogP contribution in [0.3, 0.4) is 0 Å². The fraction of sp³-hybridized carbons (Fsp3) is 0.318. The third kappa shape index (κ3) is 5.12. The normalized spacial score (nSPS) is 14.9. The molecule has 1 aliphatic heterocycles. The highest BCUT2D eigenvalue weighted by Crippen LogP contribution is 2.34. The fourth-order valence-electron chi connectivity index (χ4n) is 3.76.